The van der Waals surface area contributed by atoms with E-state index in [9.17, 15) is 36.9 Å². The summed E-state index contributed by atoms with van der Waals surface area (Å²) in [5.41, 5.74) is -3.92. The molecule has 1 aromatic carbocycles. The third-order valence-corrected chi connectivity index (χ3v) is 3.93. The molecule has 1 aromatic heterocycles. The molecule has 1 amide bonds. The van der Waals surface area contributed by atoms with Crippen molar-refractivity contribution in [3.63, 3.8) is 0 Å². The van der Waals surface area contributed by atoms with Crippen molar-refractivity contribution >= 4 is 29.0 Å². The van der Waals surface area contributed by atoms with E-state index in [0.29, 0.717) is 10.9 Å². The molecule has 164 valence electrons. The highest BCUT2D eigenvalue weighted by molar-refractivity contribution is 6.32. The number of rotatable bonds is 7. The van der Waals surface area contributed by atoms with Gasteiger partial charge in [0.1, 0.15) is 18.5 Å². The summed E-state index contributed by atoms with van der Waals surface area (Å²) in [6.07, 6.45) is -5.50. The summed E-state index contributed by atoms with van der Waals surface area (Å²) in [7, 11) is 1.28. The number of carbonyl (C=O) groups is 1. The number of benzene rings is 1. The van der Waals surface area contributed by atoms with Gasteiger partial charge in [-0.15, -0.1) is 0 Å². The molecule has 9 nitrogen and oxygen atoms in total. The van der Waals surface area contributed by atoms with Crippen LogP contribution in [0.15, 0.2) is 12.3 Å². The van der Waals surface area contributed by atoms with Gasteiger partial charge in [0, 0.05) is 7.11 Å². The summed E-state index contributed by atoms with van der Waals surface area (Å²) in [6, 6.07) is 0.0950. The second-order valence-electron chi connectivity index (χ2n) is 5.59. The van der Waals surface area contributed by atoms with Crippen molar-refractivity contribution in [1.82, 2.24) is 9.78 Å². The van der Waals surface area contributed by atoms with Gasteiger partial charge in [-0.3, -0.25) is 14.9 Å². The number of hydrogen-bond acceptors (Lipinski definition) is 6. The lowest BCUT2D eigenvalue weighted by Gasteiger charge is -2.15. The number of hydrogen-bond donors (Lipinski definition) is 1. The van der Waals surface area contributed by atoms with E-state index >= 15 is 0 Å². The number of amides is 1. The van der Waals surface area contributed by atoms with Crippen LogP contribution in [0.25, 0.3) is 5.69 Å². The summed E-state index contributed by atoms with van der Waals surface area (Å²) in [5.74, 6) is -6.13. The Hall–Kier alpha value is -2.84. The van der Waals surface area contributed by atoms with Crippen LogP contribution in [0.1, 0.15) is 12.5 Å². The van der Waals surface area contributed by atoms with Gasteiger partial charge in [0.05, 0.1) is 15.5 Å². The summed E-state index contributed by atoms with van der Waals surface area (Å²) < 4.78 is 76.9. The zero-order valence-electron chi connectivity index (χ0n) is 15.1. The molecule has 0 spiro atoms. The Kier molecular flexibility index (Phi) is 6.95. The molecule has 15 heteroatoms. The highest BCUT2D eigenvalue weighted by atomic mass is 35.5. The molecule has 0 saturated heterocycles. The van der Waals surface area contributed by atoms with Crippen LogP contribution >= 0.6 is 11.6 Å². The lowest BCUT2D eigenvalue weighted by atomic mass is 10.1. The Morgan fingerprint density at radius 1 is 1.40 bits per heavy atom. The van der Waals surface area contributed by atoms with Gasteiger partial charge in [0.15, 0.2) is 17.9 Å². The van der Waals surface area contributed by atoms with Crippen molar-refractivity contribution < 1.29 is 41.1 Å². The molecule has 1 heterocycles. The van der Waals surface area contributed by atoms with E-state index in [1.54, 1.807) is 0 Å². The highest BCUT2D eigenvalue weighted by Gasteiger charge is 2.38. The molecule has 1 atom stereocenters. The number of nitro groups is 1. The van der Waals surface area contributed by atoms with Crippen LogP contribution in [0.2, 0.25) is 5.02 Å². The van der Waals surface area contributed by atoms with Crippen molar-refractivity contribution in [2.45, 2.75) is 19.4 Å². The Labute approximate surface area is 169 Å². The van der Waals surface area contributed by atoms with Crippen LogP contribution in [0, 0.1) is 21.7 Å². The number of methoxy groups -OCH3 is 1. The van der Waals surface area contributed by atoms with Crippen molar-refractivity contribution in [3.8, 4) is 5.69 Å². The minimum atomic E-state index is -5.25. The van der Waals surface area contributed by atoms with Gasteiger partial charge < -0.3 is 14.8 Å². The summed E-state index contributed by atoms with van der Waals surface area (Å²) >= 11 is 5.67. The van der Waals surface area contributed by atoms with Gasteiger partial charge in [0.2, 0.25) is 5.82 Å². The first-order valence-corrected chi connectivity index (χ1v) is 8.18. The Balaban J connectivity index is 2.55. The molecule has 30 heavy (non-hydrogen) atoms. The van der Waals surface area contributed by atoms with E-state index < -0.39 is 69.3 Å². The Bertz CT molecular complexity index is 981. The molecule has 2 rings (SSSR count). The fraction of sp³-hybridized carbons (Fsp3) is 0.333. The molecule has 0 saturated carbocycles. The molecule has 0 bridgehead atoms. The second-order valence-corrected chi connectivity index (χ2v) is 6.00. The van der Waals surface area contributed by atoms with E-state index in [1.807, 2.05) is 5.32 Å². The van der Waals surface area contributed by atoms with Crippen LogP contribution in [-0.2, 0) is 20.4 Å². The van der Waals surface area contributed by atoms with E-state index in [2.05, 4.69) is 5.10 Å². The molecule has 0 aliphatic heterocycles. The fourth-order valence-corrected chi connectivity index (χ4v) is 2.45. The van der Waals surface area contributed by atoms with Crippen LogP contribution in [0.5, 0.6) is 0 Å². The predicted octanol–water partition coefficient (Wildman–Crippen LogP) is 3.68. The molecule has 1 unspecified atom stereocenters. The maximum atomic E-state index is 14.4. The monoisotopic (exact) mass is 458 g/mol. The minimum Gasteiger partial charge on any atom is -0.356 e. The molecule has 2 aromatic rings. The van der Waals surface area contributed by atoms with Crippen LogP contribution in [0.3, 0.4) is 0 Å². The topological polar surface area (TPSA) is 109 Å². The van der Waals surface area contributed by atoms with Gasteiger partial charge in [0.25, 0.3) is 5.91 Å². The average Bonchev–Trinajstić information content (AvgIpc) is 3.05. The van der Waals surface area contributed by atoms with Crippen molar-refractivity contribution in [1.29, 1.82) is 0 Å². The summed E-state index contributed by atoms with van der Waals surface area (Å²) in [5, 5.41) is 15.7. The first kappa shape index (κ1) is 23.4. The summed E-state index contributed by atoms with van der Waals surface area (Å²) in [6.45, 7) is 0.787. The SMILES string of the molecule is COC(C)OCC(=O)Nc1c([N+](=O)[O-])cnn1-c1c(Cl)cc(C(F)(F)F)c(F)c1F. The van der Waals surface area contributed by atoms with E-state index in [-0.39, 0.29) is 6.07 Å². The Morgan fingerprint density at radius 3 is 2.57 bits per heavy atom. The number of aromatic nitrogens is 2. The molecular weight excluding hydrogens is 447 g/mol. The number of carbonyl (C=O) groups excluding carboxylic acids is 1. The zero-order chi connectivity index (χ0) is 22.8. The van der Waals surface area contributed by atoms with Crippen molar-refractivity contribution in [2.75, 3.05) is 19.0 Å². The maximum absolute atomic E-state index is 14.4. The molecule has 0 aliphatic carbocycles. The highest BCUT2D eigenvalue weighted by Crippen LogP contribution is 2.39. The van der Waals surface area contributed by atoms with Gasteiger partial charge in [-0.05, 0) is 13.0 Å². The normalized spacial score (nSPS) is 12.7. The largest absolute Gasteiger partial charge is 0.419 e. The standard InChI is InChI=1S/C15H12ClF5N4O5/c1-6(29-2)30-5-10(26)23-14-9(25(27)28)4-22-24(14)13-8(16)3-7(15(19,20)21)11(17)12(13)18/h3-4,6H,5H2,1-2H3,(H,23,26). The quantitative estimate of drug-likeness (QED) is 0.223. The lowest BCUT2D eigenvalue weighted by Crippen LogP contribution is -2.24. The molecule has 0 fully saturated rings. The summed E-state index contributed by atoms with van der Waals surface area (Å²) in [4.78, 5) is 22.2. The predicted molar refractivity (Wildman–Crippen MR) is 91.2 cm³/mol. The zero-order valence-corrected chi connectivity index (χ0v) is 15.8. The first-order chi connectivity index (χ1) is 13.9. The number of ether oxygens (including phenoxy) is 2. The third kappa shape index (κ3) is 4.83. The van der Waals surface area contributed by atoms with Crippen LogP contribution in [0.4, 0.5) is 33.5 Å². The second kappa shape index (κ2) is 8.89. The van der Waals surface area contributed by atoms with Crippen molar-refractivity contribution in [3.05, 3.63) is 44.6 Å². The Morgan fingerprint density at radius 2 is 2.03 bits per heavy atom. The van der Waals surface area contributed by atoms with Crippen LogP contribution in [-0.4, -0.2) is 40.6 Å². The third-order valence-electron chi connectivity index (χ3n) is 3.64. The van der Waals surface area contributed by atoms with Gasteiger partial charge in [-0.1, -0.05) is 11.6 Å². The number of nitrogens with one attached hydrogen (secondary N) is 1. The van der Waals surface area contributed by atoms with Gasteiger partial charge >= 0.3 is 11.9 Å². The average molecular weight is 459 g/mol. The number of nitrogens with zero attached hydrogens (tertiary/aromatic N) is 3. The van der Waals surface area contributed by atoms with E-state index in [0.717, 1.165) is 0 Å². The lowest BCUT2D eigenvalue weighted by molar-refractivity contribution is -0.384. The number of alkyl halides is 3. The molecule has 0 radical (unpaired) electrons. The van der Waals surface area contributed by atoms with Crippen molar-refractivity contribution in [2.24, 2.45) is 0 Å². The fourth-order valence-electron chi connectivity index (χ4n) is 2.18. The minimum absolute atomic E-state index is 0.0950. The maximum Gasteiger partial charge on any atom is 0.419 e. The number of halogens is 6. The molecule has 1 N–H and O–H groups in total. The van der Waals surface area contributed by atoms with Gasteiger partial charge in [-0.2, -0.15) is 18.3 Å². The number of anilines is 1. The first-order valence-electron chi connectivity index (χ1n) is 7.80. The molecular formula is C15H12ClF5N4O5. The smallest absolute Gasteiger partial charge is 0.356 e. The van der Waals surface area contributed by atoms with Crippen LogP contribution < -0.4 is 5.32 Å². The van der Waals surface area contributed by atoms with E-state index in [1.165, 1.54) is 14.0 Å². The molecule has 0 aliphatic rings. The van der Waals surface area contributed by atoms with Gasteiger partial charge in [-0.25, -0.2) is 13.5 Å². The van der Waals surface area contributed by atoms with E-state index in [4.69, 9.17) is 21.1 Å².